The molecule has 0 saturated carbocycles. The number of nitrogens with one attached hydrogen (secondary N) is 1. The summed E-state index contributed by atoms with van der Waals surface area (Å²) >= 11 is 7.55. The van der Waals surface area contributed by atoms with E-state index in [4.69, 9.17) is 4.74 Å². The average molecular weight is 334 g/mol. The molecule has 100 valence electrons. The maximum absolute atomic E-state index is 11.8. The molecule has 1 aromatic rings. The number of amides is 1. The summed E-state index contributed by atoms with van der Waals surface area (Å²) < 4.78 is 5.67. The van der Waals surface area contributed by atoms with Gasteiger partial charge in [-0.15, -0.1) is 12.6 Å². The first-order valence-corrected chi connectivity index (χ1v) is 6.72. The van der Waals surface area contributed by atoms with Gasteiger partial charge in [-0.2, -0.15) is 0 Å². The van der Waals surface area contributed by atoms with Crippen molar-refractivity contribution in [1.82, 2.24) is 5.32 Å². The zero-order chi connectivity index (χ0) is 13.5. The van der Waals surface area contributed by atoms with E-state index in [1.165, 1.54) is 7.11 Å². The van der Waals surface area contributed by atoms with Crippen LogP contribution in [-0.2, 0) is 4.74 Å². The lowest BCUT2D eigenvalue weighted by Gasteiger charge is -2.11. The Morgan fingerprint density at radius 2 is 2.33 bits per heavy atom. The molecule has 0 aromatic heterocycles. The summed E-state index contributed by atoms with van der Waals surface area (Å²) in [7, 11) is 1.52. The summed E-state index contributed by atoms with van der Waals surface area (Å²) in [6.07, 6.45) is -0.103. The number of hydrogen-bond donors (Lipinski definition) is 3. The van der Waals surface area contributed by atoms with Gasteiger partial charge in [0.05, 0.1) is 18.3 Å². The molecular formula is C12H16BrNO3S. The fourth-order valence-corrected chi connectivity index (χ4v) is 2.27. The molecule has 0 bridgehead atoms. The number of halogens is 1. The first-order valence-electron chi connectivity index (χ1n) is 5.48. The molecule has 4 nitrogen and oxygen atoms in total. The van der Waals surface area contributed by atoms with Crippen molar-refractivity contribution in [3.8, 4) is 0 Å². The normalized spacial score (nSPS) is 12.2. The third-order valence-corrected chi connectivity index (χ3v) is 3.19. The number of thiol groups is 1. The van der Waals surface area contributed by atoms with E-state index in [0.29, 0.717) is 23.4 Å². The zero-order valence-corrected chi connectivity index (χ0v) is 12.5. The molecule has 1 rings (SSSR count). The van der Waals surface area contributed by atoms with Crippen molar-refractivity contribution in [2.45, 2.75) is 17.4 Å². The number of rotatable bonds is 6. The molecule has 18 heavy (non-hydrogen) atoms. The molecule has 1 unspecified atom stereocenters. The van der Waals surface area contributed by atoms with E-state index in [-0.39, 0.29) is 12.5 Å². The molecular weight excluding hydrogens is 318 g/mol. The Labute approximate surface area is 120 Å². The second-order valence-corrected chi connectivity index (χ2v) is 5.21. The van der Waals surface area contributed by atoms with Crippen LogP contribution in [0.15, 0.2) is 27.6 Å². The minimum absolute atomic E-state index is 0.197. The van der Waals surface area contributed by atoms with Crippen LogP contribution in [0.25, 0.3) is 0 Å². The quantitative estimate of drug-likeness (QED) is 0.696. The van der Waals surface area contributed by atoms with Crippen LogP contribution in [0.1, 0.15) is 16.8 Å². The summed E-state index contributed by atoms with van der Waals surface area (Å²) in [5, 5.41) is 12.2. The van der Waals surface area contributed by atoms with Gasteiger partial charge in [-0.1, -0.05) is 15.9 Å². The Balaban J connectivity index is 2.45. The predicted molar refractivity (Wildman–Crippen MR) is 76.2 cm³/mol. The molecule has 6 heteroatoms. The maximum Gasteiger partial charge on any atom is 0.252 e. The number of hydrogen-bond acceptors (Lipinski definition) is 4. The average Bonchev–Trinajstić information content (AvgIpc) is 2.29. The first-order chi connectivity index (χ1) is 8.54. The monoisotopic (exact) mass is 333 g/mol. The third-order valence-electron chi connectivity index (χ3n) is 2.33. The van der Waals surface area contributed by atoms with Crippen molar-refractivity contribution in [3.05, 3.63) is 28.2 Å². The number of aliphatic hydroxyl groups excluding tert-OH is 1. The molecule has 0 spiro atoms. The van der Waals surface area contributed by atoms with Crippen LogP contribution in [0.2, 0.25) is 0 Å². The van der Waals surface area contributed by atoms with Crippen molar-refractivity contribution >= 4 is 34.5 Å². The smallest absolute Gasteiger partial charge is 0.252 e. The minimum atomic E-state index is -0.560. The van der Waals surface area contributed by atoms with Gasteiger partial charge >= 0.3 is 0 Å². The van der Waals surface area contributed by atoms with Gasteiger partial charge in [-0.25, -0.2) is 0 Å². The molecule has 0 saturated heterocycles. The van der Waals surface area contributed by atoms with Crippen molar-refractivity contribution < 1.29 is 14.6 Å². The van der Waals surface area contributed by atoms with Gasteiger partial charge in [-0.05, 0) is 24.6 Å². The number of benzene rings is 1. The summed E-state index contributed by atoms with van der Waals surface area (Å²) in [4.78, 5) is 12.4. The molecule has 0 aliphatic heterocycles. The first kappa shape index (κ1) is 15.5. The lowest BCUT2D eigenvalue weighted by molar-refractivity contribution is 0.0587. The van der Waals surface area contributed by atoms with Gasteiger partial charge in [0.1, 0.15) is 0 Å². The fraction of sp³-hybridized carbons (Fsp3) is 0.417. The lowest BCUT2D eigenvalue weighted by Crippen LogP contribution is -2.28. The second kappa shape index (κ2) is 7.78. The fourth-order valence-electron chi connectivity index (χ4n) is 1.42. The lowest BCUT2D eigenvalue weighted by atomic mass is 10.2. The Kier molecular flexibility index (Phi) is 6.70. The van der Waals surface area contributed by atoms with Gasteiger partial charge in [0.15, 0.2) is 0 Å². The van der Waals surface area contributed by atoms with Crippen molar-refractivity contribution in [2.24, 2.45) is 0 Å². The molecule has 1 aromatic carbocycles. The van der Waals surface area contributed by atoms with E-state index in [9.17, 15) is 9.90 Å². The number of ether oxygens (including phenoxy) is 1. The molecule has 1 amide bonds. The zero-order valence-electron chi connectivity index (χ0n) is 10.0. The Hall–Kier alpha value is -0.560. The van der Waals surface area contributed by atoms with E-state index in [0.717, 1.165) is 4.47 Å². The SMILES string of the molecule is COCC(O)CCNC(=O)c1ccc(Br)cc1S. The van der Waals surface area contributed by atoms with Gasteiger partial charge in [0.25, 0.3) is 5.91 Å². The summed E-state index contributed by atoms with van der Waals surface area (Å²) in [5.74, 6) is -0.197. The molecule has 0 fully saturated rings. The van der Waals surface area contributed by atoms with Crippen LogP contribution in [0.5, 0.6) is 0 Å². The molecule has 2 N–H and O–H groups in total. The van der Waals surface area contributed by atoms with E-state index in [1.807, 2.05) is 0 Å². The third kappa shape index (κ3) is 4.97. The van der Waals surface area contributed by atoms with E-state index in [2.05, 4.69) is 33.9 Å². The van der Waals surface area contributed by atoms with Gasteiger partial charge in [-0.3, -0.25) is 4.79 Å². The number of carbonyl (C=O) groups excluding carboxylic acids is 1. The van der Waals surface area contributed by atoms with E-state index >= 15 is 0 Å². The van der Waals surface area contributed by atoms with Crippen LogP contribution in [0.4, 0.5) is 0 Å². The number of carbonyl (C=O) groups is 1. The largest absolute Gasteiger partial charge is 0.391 e. The van der Waals surface area contributed by atoms with Crippen LogP contribution in [-0.4, -0.2) is 37.4 Å². The molecule has 0 heterocycles. The van der Waals surface area contributed by atoms with E-state index in [1.54, 1.807) is 18.2 Å². The van der Waals surface area contributed by atoms with E-state index < -0.39 is 6.10 Å². The second-order valence-electron chi connectivity index (χ2n) is 3.82. The summed E-state index contributed by atoms with van der Waals surface area (Å²) in [6, 6.07) is 5.25. The number of aliphatic hydroxyl groups is 1. The van der Waals surface area contributed by atoms with Crippen molar-refractivity contribution in [1.29, 1.82) is 0 Å². The van der Waals surface area contributed by atoms with Crippen LogP contribution < -0.4 is 5.32 Å². The molecule has 0 aliphatic carbocycles. The molecule has 0 aliphatic rings. The molecule has 0 radical (unpaired) electrons. The highest BCUT2D eigenvalue weighted by atomic mass is 79.9. The van der Waals surface area contributed by atoms with Crippen LogP contribution in [0.3, 0.4) is 0 Å². The number of methoxy groups -OCH3 is 1. The summed E-state index contributed by atoms with van der Waals surface area (Å²) in [6.45, 7) is 0.665. The highest BCUT2D eigenvalue weighted by Crippen LogP contribution is 2.19. The highest BCUT2D eigenvalue weighted by molar-refractivity contribution is 9.10. The Morgan fingerprint density at radius 1 is 1.61 bits per heavy atom. The van der Waals surface area contributed by atoms with Crippen molar-refractivity contribution in [2.75, 3.05) is 20.3 Å². The van der Waals surface area contributed by atoms with Crippen LogP contribution in [0, 0.1) is 0 Å². The van der Waals surface area contributed by atoms with Crippen LogP contribution >= 0.6 is 28.6 Å². The highest BCUT2D eigenvalue weighted by Gasteiger charge is 2.10. The topological polar surface area (TPSA) is 58.6 Å². The van der Waals surface area contributed by atoms with Gasteiger partial charge in [0, 0.05) is 23.0 Å². The van der Waals surface area contributed by atoms with Gasteiger partial charge < -0.3 is 15.2 Å². The van der Waals surface area contributed by atoms with Gasteiger partial charge in [0.2, 0.25) is 0 Å². The minimum Gasteiger partial charge on any atom is -0.391 e. The van der Waals surface area contributed by atoms with Crippen molar-refractivity contribution in [3.63, 3.8) is 0 Å². The standard InChI is InChI=1S/C12H16BrNO3S/c1-17-7-9(15)4-5-14-12(16)10-3-2-8(13)6-11(10)18/h2-3,6,9,15,18H,4-5,7H2,1H3,(H,14,16). The maximum atomic E-state index is 11.8. The molecule has 1 atom stereocenters. The Bertz CT molecular complexity index is 414. The summed E-state index contributed by atoms with van der Waals surface area (Å²) in [5.41, 5.74) is 0.516. The Morgan fingerprint density at radius 3 is 2.94 bits per heavy atom. The predicted octanol–water partition coefficient (Wildman–Crippen LogP) is 1.86.